The predicted octanol–water partition coefficient (Wildman–Crippen LogP) is 0.263. The fraction of sp³-hybridized carbons (Fsp3) is 0.941. The van der Waals surface area contributed by atoms with Crippen molar-refractivity contribution in [3.63, 3.8) is 0 Å². The summed E-state index contributed by atoms with van der Waals surface area (Å²) in [6.07, 6.45) is 3.75. The first-order valence-electron chi connectivity index (χ1n) is 9.72. The molecular weight excluding hydrogens is 361 g/mol. The Hall–Kier alpha value is -0.770. The second kappa shape index (κ2) is 7.00. The summed E-state index contributed by atoms with van der Waals surface area (Å²) >= 11 is 0. The third-order valence-electron chi connectivity index (χ3n) is 6.53. The van der Waals surface area contributed by atoms with Crippen LogP contribution >= 0.6 is 0 Å². The van der Waals surface area contributed by atoms with Gasteiger partial charge in [-0.15, -0.1) is 0 Å². The third kappa shape index (κ3) is 3.63. The van der Waals surface area contributed by atoms with Gasteiger partial charge in [-0.2, -0.15) is 12.7 Å². The van der Waals surface area contributed by atoms with Gasteiger partial charge in [-0.25, -0.2) is 9.11 Å². The van der Waals surface area contributed by atoms with E-state index in [1.54, 1.807) is 0 Å². The van der Waals surface area contributed by atoms with Crippen LogP contribution in [0.15, 0.2) is 0 Å². The Morgan fingerprint density at radius 3 is 2.69 bits per heavy atom. The highest BCUT2D eigenvalue weighted by Crippen LogP contribution is 2.41. The van der Waals surface area contributed by atoms with E-state index >= 15 is 4.39 Å². The lowest BCUT2D eigenvalue weighted by atomic mass is 9.70. The fourth-order valence-corrected chi connectivity index (χ4v) is 6.29. The van der Waals surface area contributed by atoms with E-state index in [0.717, 1.165) is 36.2 Å². The molecule has 5 unspecified atom stereocenters. The average Bonchev–Trinajstić information content (AvgIpc) is 3.33. The van der Waals surface area contributed by atoms with Gasteiger partial charge in [-0.3, -0.25) is 4.79 Å². The fourth-order valence-electron chi connectivity index (χ4n) is 4.96. The number of aliphatic hydroxyl groups is 1. The number of amides is 1. The summed E-state index contributed by atoms with van der Waals surface area (Å²) in [6, 6.07) is -1.17. The van der Waals surface area contributed by atoms with Gasteiger partial charge in [0.05, 0.1) is 18.7 Å². The quantitative estimate of drug-likeness (QED) is 0.704. The largest absolute Gasteiger partial charge is 0.391 e. The predicted molar refractivity (Wildman–Crippen MR) is 93.1 cm³/mol. The summed E-state index contributed by atoms with van der Waals surface area (Å²) in [6.45, 7) is 2.07. The van der Waals surface area contributed by atoms with E-state index in [2.05, 4.69) is 4.90 Å². The van der Waals surface area contributed by atoms with E-state index < -0.39 is 41.0 Å². The standard InChI is InChI=1S/C17H28FN3O4S/c18-16-13-9-20(6-1-2-11-3-4-11)7-5-12(13)8-14(22)17(16)21-10-15(23)19-26(21,24)25/h11-14,16-17,22H,1-10H2,(H,19,23). The van der Waals surface area contributed by atoms with Gasteiger partial charge in [0.1, 0.15) is 6.17 Å². The van der Waals surface area contributed by atoms with Gasteiger partial charge in [0, 0.05) is 12.5 Å². The van der Waals surface area contributed by atoms with Crippen molar-refractivity contribution in [3.05, 3.63) is 0 Å². The van der Waals surface area contributed by atoms with E-state index in [4.69, 9.17) is 0 Å². The molecule has 0 bridgehead atoms. The minimum atomic E-state index is -4.05. The van der Waals surface area contributed by atoms with Gasteiger partial charge in [-0.1, -0.05) is 12.8 Å². The van der Waals surface area contributed by atoms with E-state index in [9.17, 15) is 18.3 Å². The Bertz CT molecular complexity index is 656. The zero-order chi connectivity index (χ0) is 18.5. The Morgan fingerprint density at radius 1 is 1.27 bits per heavy atom. The van der Waals surface area contributed by atoms with Crippen molar-refractivity contribution < 1.29 is 22.7 Å². The molecule has 26 heavy (non-hydrogen) atoms. The number of carbonyl (C=O) groups excluding carboxylic acids is 1. The van der Waals surface area contributed by atoms with Crippen LogP contribution in [0.25, 0.3) is 0 Å². The van der Waals surface area contributed by atoms with Crippen LogP contribution in [0, 0.1) is 17.8 Å². The van der Waals surface area contributed by atoms with Gasteiger partial charge < -0.3 is 10.0 Å². The van der Waals surface area contributed by atoms with E-state index in [1.165, 1.54) is 19.3 Å². The Kier molecular flexibility index (Phi) is 5.00. The summed E-state index contributed by atoms with van der Waals surface area (Å²) in [4.78, 5) is 13.8. The van der Waals surface area contributed by atoms with Crippen molar-refractivity contribution in [2.45, 2.75) is 56.8 Å². The molecule has 0 spiro atoms. The summed E-state index contributed by atoms with van der Waals surface area (Å²) in [7, 11) is -4.05. The highest BCUT2D eigenvalue weighted by atomic mass is 32.2. The summed E-state index contributed by atoms with van der Waals surface area (Å²) < 4.78 is 42.3. The van der Waals surface area contributed by atoms with Crippen molar-refractivity contribution in [1.29, 1.82) is 0 Å². The van der Waals surface area contributed by atoms with Crippen LogP contribution in [-0.4, -0.2) is 73.1 Å². The molecular formula is C17H28FN3O4S. The number of carbonyl (C=O) groups is 1. The lowest BCUT2D eigenvalue weighted by Gasteiger charge is -2.48. The van der Waals surface area contributed by atoms with Crippen LogP contribution in [-0.2, 0) is 15.0 Å². The molecule has 1 amide bonds. The zero-order valence-corrected chi connectivity index (χ0v) is 15.7. The Balaban J connectivity index is 1.43. The molecule has 148 valence electrons. The molecule has 2 saturated carbocycles. The number of piperidine rings is 1. The molecule has 5 atom stereocenters. The molecule has 0 aromatic carbocycles. The van der Waals surface area contributed by atoms with Crippen molar-refractivity contribution in [2.24, 2.45) is 17.8 Å². The molecule has 2 heterocycles. The number of halogens is 1. The number of rotatable bonds is 5. The van der Waals surface area contributed by atoms with Crippen LogP contribution < -0.4 is 4.72 Å². The number of fused-ring (bicyclic) bond motifs is 1. The maximum atomic E-state index is 15.4. The molecule has 0 radical (unpaired) electrons. The first-order valence-corrected chi connectivity index (χ1v) is 11.2. The van der Waals surface area contributed by atoms with E-state index in [0.29, 0.717) is 13.0 Å². The smallest absolute Gasteiger partial charge is 0.304 e. The molecule has 4 aliphatic rings. The molecule has 9 heteroatoms. The molecule has 2 N–H and O–H groups in total. The number of hydrogen-bond acceptors (Lipinski definition) is 5. The van der Waals surface area contributed by atoms with Gasteiger partial charge in [0.2, 0.25) is 5.91 Å². The molecule has 4 rings (SSSR count). The zero-order valence-electron chi connectivity index (χ0n) is 14.9. The normalized spacial score (nSPS) is 41.0. The number of alkyl halides is 1. The first-order chi connectivity index (χ1) is 12.3. The number of hydrogen-bond donors (Lipinski definition) is 2. The van der Waals surface area contributed by atoms with Crippen LogP contribution in [0.1, 0.15) is 38.5 Å². The lowest BCUT2D eigenvalue weighted by molar-refractivity contribution is -0.120. The highest BCUT2D eigenvalue weighted by molar-refractivity contribution is 7.88. The number of likely N-dealkylation sites (tertiary alicyclic amines) is 1. The second-order valence-electron chi connectivity index (χ2n) is 8.41. The van der Waals surface area contributed by atoms with Crippen molar-refractivity contribution in [3.8, 4) is 0 Å². The average molecular weight is 389 g/mol. The summed E-state index contributed by atoms with van der Waals surface area (Å²) in [5.74, 6) is 0.00632. The summed E-state index contributed by atoms with van der Waals surface area (Å²) in [5, 5.41) is 10.4. The molecule has 2 saturated heterocycles. The molecule has 2 aliphatic heterocycles. The maximum absolute atomic E-state index is 15.4. The molecule has 7 nitrogen and oxygen atoms in total. The Morgan fingerprint density at radius 2 is 2.04 bits per heavy atom. The van der Waals surface area contributed by atoms with Crippen LogP contribution in [0.4, 0.5) is 4.39 Å². The summed E-state index contributed by atoms with van der Waals surface area (Å²) in [5.41, 5.74) is 0. The maximum Gasteiger partial charge on any atom is 0.304 e. The minimum Gasteiger partial charge on any atom is -0.391 e. The monoisotopic (exact) mass is 389 g/mol. The van der Waals surface area contributed by atoms with Crippen molar-refractivity contribution >= 4 is 16.1 Å². The van der Waals surface area contributed by atoms with Gasteiger partial charge in [0.15, 0.2) is 0 Å². The Labute approximate surface area is 154 Å². The third-order valence-corrected chi connectivity index (χ3v) is 8.01. The lowest BCUT2D eigenvalue weighted by Crippen LogP contribution is -2.61. The van der Waals surface area contributed by atoms with Crippen molar-refractivity contribution in [2.75, 3.05) is 26.2 Å². The molecule has 0 aromatic rings. The molecule has 4 fully saturated rings. The van der Waals surface area contributed by atoms with E-state index in [-0.39, 0.29) is 11.8 Å². The topological polar surface area (TPSA) is 90.0 Å². The van der Waals surface area contributed by atoms with E-state index in [1.807, 2.05) is 4.72 Å². The van der Waals surface area contributed by atoms with Gasteiger partial charge in [-0.05, 0) is 50.6 Å². The van der Waals surface area contributed by atoms with Crippen LogP contribution in [0.3, 0.4) is 0 Å². The first kappa shape index (κ1) is 18.6. The number of nitrogens with zero attached hydrogens (tertiary/aromatic N) is 2. The minimum absolute atomic E-state index is 0.0740. The number of aliphatic hydroxyl groups excluding tert-OH is 1. The van der Waals surface area contributed by atoms with Crippen molar-refractivity contribution in [1.82, 2.24) is 13.9 Å². The van der Waals surface area contributed by atoms with Crippen LogP contribution in [0.5, 0.6) is 0 Å². The van der Waals surface area contributed by atoms with Crippen LogP contribution in [0.2, 0.25) is 0 Å². The van der Waals surface area contributed by atoms with Gasteiger partial charge >= 0.3 is 10.2 Å². The second-order valence-corrected chi connectivity index (χ2v) is 10.0. The SMILES string of the molecule is O=C1CN(C2C(O)CC3CCN(CCCC4CC4)CC3C2F)S(=O)(=O)N1. The highest BCUT2D eigenvalue weighted by Gasteiger charge is 2.53. The molecule has 2 aliphatic carbocycles. The number of nitrogens with one attached hydrogen (secondary N) is 1. The van der Waals surface area contributed by atoms with Gasteiger partial charge in [0.25, 0.3) is 0 Å². The molecule has 0 aromatic heterocycles.